The number of aryl methyl sites for hydroxylation is 2. The first-order valence-electron chi connectivity index (χ1n) is 9.86. The molecule has 0 bridgehead atoms. The maximum atomic E-state index is 11.9. The van der Waals surface area contributed by atoms with Crippen LogP contribution in [0, 0.1) is 12.8 Å². The molecule has 0 aliphatic heterocycles. The van der Waals surface area contributed by atoms with E-state index in [0.29, 0.717) is 18.9 Å². The second-order valence-corrected chi connectivity index (χ2v) is 7.46. The van der Waals surface area contributed by atoms with E-state index < -0.39 is 0 Å². The molecule has 2 aromatic rings. The van der Waals surface area contributed by atoms with Crippen molar-refractivity contribution >= 4 is 17.6 Å². The lowest BCUT2D eigenvalue weighted by Gasteiger charge is -2.13. The maximum absolute atomic E-state index is 11.9. The van der Waals surface area contributed by atoms with Crippen molar-refractivity contribution in [2.45, 2.75) is 26.8 Å². The van der Waals surface area contributed by atoms with E-state index in [4.69, 9.17) is 5.73 Å². The zero-order valence-corrected chi connectivity index (χ0v) is 17.7. The van der Waals surface area contributed by atoms with Gasteiger partial charge in [0.1, 0.15) is 5.82 Å². The van der Waals surface area contributed by atoms with Crippen LogP contribution in [0.5, 0.6) is 0 Å². The molecule has 9 heteroatoms. The van der Waals surface area contributed by atoms with Crippen LogP contribution in [0.15, 0.2) is 35.3 Å². The summed E-state index contributed by atoms with van der Waals surface area (Å²) in [6, 6.07) is 7.05. The topological polar surface area (TPSA) is 131 Å². The average Bonchev–Trinajstić information content (AvgIpc) is 2.68. The monoisotopic (exact) mass is 414 g/mol. The van der Waals surface area contributed by atoms with E-state index in [1.807, 2.05) is 26.0 Å². The van der Waals surface area contributed by atoms with Gasteiger partial charge < -0.3 is 26.3 Å². The second-order valence-electron chi connectivity index (χ2n) is 7.46. The van der Waals surface area contributed by atoms with Crippen LogP contribution in [0.1, 0.15) is 23.7 Å². The van der Waals surface area contributed by atoms with Gasteiger partial charge in [0.2, 0.25) is 11.8 Å². The van der Waals surface area contributed by atoms with Gasteiger partial charge >= 0.3 is 0 Å². The van der Waals surface area contributed by atoms with Crippen molar-refractivity contribution in [3.05, 3.63) is 57.6 Å². The van der Waals surface area contributed by atoms with Crippen molar-refractivity contribution in [1.82, 2.24) is 25.5 Å². The number of aromatic nitrogens is 2. The molecule has 2 rings (SSSR count). The van der Waals surface area contributed by atoms with Crippen LogP contribution in [0.3, 0.4) is 0 Å². The van der Waals surface area contributed by atoms with Crippen molar-refractivity contribution in [1.29, 1.82) is 0 Å². The number of hydrogen-bond donors (Lipinski definition) is 4. The molecular formula is C21H30N6O3. The molecule has 1 atom stereocenters. The van der Waals surface area contributed by atoms with Gasteiger partial charge in [0.15, 0.2) is 0 Å². The Morgan fingerprint density at radius 2 is 1.90 bits per heavy atom. The lowest BCUT2D eigenvalue weighted by atomic mass is 10.0. The average molecular weight is 415 g/mol. The molecule has 0 fully saturated rings. The molecule has 162 valence electrons. The molecule has 9 nitrogen and oxygen atoms in total. The molecule has 0 spiro atoms. The van der Waals surface area contributed by atoms with E-state index >= 15 is 0 Å². The van der Waals surface area contributed by atoms with Crippen molar-refractivity contribution in [2.24, 2.45) is 13.0 Å². The number of hydrogen-bond acceptors (Lipinski definition) is 6. The van der Waals surface area contributed by atoms with Crippen LogP contribution >= 0.6 is 0 Å². The van der Waals surface area contributed by atoms with Crippen LogP contribution in [-0.4, -0.2) is 41.0 Å². The first kappa shape index (κ1) is 23.1. The molecule has 1 unspecified atom stereocenters. The Labute approximate surface area is 176 Å². The Balaban J connectivity index is 1.62. The molecule has 30 heavy (non-hydrogen) atoms. The van der Waals surface area contributed by atoms with E-state index in [1.165, 1.54) is 4.57 Å². The molecule has 5 N–H and O–H groups in total. The number of amides is 2. The van der Waals surface area contributed by atoms with Crippen LogP contribution in [0.25, 0.3) is 0 Å². The summed E-state index contributed by atoms with van der Waals surface area (Å²) < 4.78 is 1.53. The summed E-state index contributed by atoms with van der Waals surface area (Å²) in [5.74, 6) is 0.157. The Morgan fingerprint density at radius 1 is 1.17 bits per heavy atom. The van der Waals surface area contributed by atoms with E-state index in [0.717, 1.165) is 23.2 Å². The predicted molar refractivity (Wildman–Crippen MR) is 116 cm³/mol. The number of nitrogens with two attached hydrogens (primary N) is 1. The minimum Gasteiger partial charge on any atom is -0.384 e. The second kappa shape index (κ2) is 11.1. The lowest BCUT2D eigenvalue weighted by molar-refractivity contribution is -0.125. The first-order chi connectivity index (χ1) is 14.2. The third-order valence-electron chi connectivity index (χ3n) is 4.67. The molecule has 0 saturated heterocycles. The predicted octanol–water partition coefficient (Wildman–Crippen LogP) is -0.128. The van der Waals surface area contributed by atoms with Crippen LogP contribution < -0.4 is 27.2 Å². The molecule has 0 aliphatic carbocycles. The summed E-state index contributed by atoms with van der Waals surface area (Å²) in [6.07, 6.45) is 2.49. The molecule has 0 radical (unpaired) electrons. The van der Waals surface area contributed by atoms with Gasteiger partial charge in [0.05, 0.1) is 13.1 Å². The number of carbonyl (C=O) groups is 2. The van der Waals surface area contributed by atoms with E-state index in [2.05, 4.69) is 20.9 Å². The van der Waals surface area contributed by atoms with E-state index in [-0.39, 0.29) is 36.4 Å². The number of carbonyl (C=O) groups excluding carboxylic acids is 2. The molecule has 0 saturated carbocycles. The van der Waals surface area contributed by atoms with Gasteiger partial charge in [-0.1, -0.05) is 13.0 Å². The summed E-state index contributed by atoms with van der Waals surface area (Å²) in [5, 5.41) is 8.41. The molecular weight excluding hydrogens is 384 g/mol. The Morgan fingerprint density at radius 3 is 2.60 bits per heavy atom. The van der Waals surface area contributed by atoms with Gasteiger partial charge in [0.25, 0.3) is 5.56 Å². The van der Waals surface area contributed by atoms with Crippen LogP contribution in [0.4, 0.5) is 5.82 Å². The number of rotatable bonds is 10. The zero-order chi connectivity index (χ0) is 22.1. The third-order valence-corrected chi connectivity index (χ3v) is 4.67. The maximum Gasteiger partial charge on any atom is 0.250 e. The minimum absolute atomic E-state index is 0.0341. The number of pyridine rings is 2. The molecule has 0 aliphatic rings. The summed E-state index contributed by atoms with van der Waals surface area (Å²) >= 11 is 0. The van der Waals surface area contributed by atoms with Gasteiger partial charge in [-0.3, -0.25) is 14.4 Å². The Bertz CT molecular complexity index is 941. The van der Waals surface area contributed by atoms with Gasteiger partial charge in [-0.25, -0.2) is 4.98 Å². The third kappa shape index (κ3) is 7.67. The Kier molecular flexibility index (Phi) is 8.54. The first-order valence-corrected chi connectivity index (χ1v) is 9.86. The van der Waals surface area contributed by atoms with E-state index in [9.17, 15) is 14.4 Å². The smallest absolute Gasteiger partial charge is 0.250 e. The van der Waals surface area contributed by atoms with Crippen molar-refractivity contribution in [3.63, 3.8) is 0 Å². The molecule has 0 aromatic carbocycles. The van der Waals surface area contributed by atoms with Gasteiger partial charge in [-0.05, 0) is 49.1 Å². The molecule has 2 amide bonds. The number of nitrogens with one attached hydrogen (secondary N) is 3. The normalized spacial score (nSPS) is 11.7. The van der Waals surface area contributed by atoms with Crippen LogP contribution in [-0.2, 0) is 29.6 Å². The van der Waals surface area contributed by atoms with Crippen molar-refractivity contribution in [3.8, 4) is 0 Å². The van der Waals surface area contributed by atoms with Crippen LogP contribution in [0.2, 0.25) is 0 Å². The molecule has 2 aromatic heterocycles. The van der Waals surface area contributed by atoms with Gasteiger partial charge in [0, 0.05) is 31.5 Å². The van der Waals surface area contributed by atoms with Crippen molar-refractivity contribution < 1.29 is 9.59 Å². The Hall–Kier alpha value is -3.20. The standard InChI is InChI=1S/C21H30N6O3/c1-14(8-16-6-7-27(3)21(30)9-16)10-23-12-19(28)25-13-20(29)24-11-17-4-5-18(22)26-15(17)2/h4-7,9,14,23H,8,10-13H2,1-3H3,(H2,22,26)(H,24,29)(H,25,28). The highest BCUT2D eigenvalue weighted by Gasteiger charge is 2.09. The number of anilines is 1. The minimum atomic E-state index is -0.279. The van der Waals surface area contributed by atoms with Crippen molar-refractivity contribution in [2.75, 3.05) is 25.4 Å². The summed E-state index contributed by atoms with van der Waals surface area (Å²) in [7, 11) is 1.71. The number of nitrogens with zero attached hydrogens (tertiary/aromatic N) is 2. The highest BCUT2D eigenvalue weighted by molar-refractivity contribution is 5.85. The van der Waals surface area contributed by atoms with Gasteiger partial charge in [-0.2, -0.15) is 0 Å². The fourth-order valence-corrected chi connectivity index (χ4v) is 2.92. The fourth-order valence-electron chi connectivity index (χ4n) is 2.92. The highest BCUT2D eigenvalue weighted by Crippen LogP contribution is 2.07. The SMILES string of the molecule is Cc1nc(N)ccc1CNC(=O)CNC(=O)CNCC(C)Cc1ccn(C)c(=O)c1. The largest absolute Gasteiger partial charge is 0.384 e. The summed E-state index contributed by atoms with van der Waals surface area (Å²) in [6.45, 7) is 4.85. The summed E-state index contributed by atoms with van der Waals surface area (Å²) in [4.78, 5) is 39.6. The quantitative estimate of drug-likeness (QED) is 0.428. The lowest BCUT2D eigenvalue weighted by Crippen LogP contribution is -2.41. The van der Waals surface area contributed by atoms with Gasteiger partial charge in [-0.15, -0.1) is 0 Å². The highest BCUT2D eigenvalue weighted by atomic mass is 16.2. The number of nitrogen functional groups attached to an aromatic ring is 1. The molecule has 2 heterocycles. The van der Waals surface area contributed by atoms with E-state index in [1.54, 1.807) is 25.4 Å². The summed E-state index contributed by atoms with van der Waals surface area (Å²) in [5.41, 5.74) is 8.17. The zero-order valence-electron chi connectivity index (χ0n) is 17.7. The fraction of sp³-hybridized carbons (Fsp3) is 0.429.